The number of ether oxygens (including phenoxy) is 1. The molecule has 1 unspecified atom stereocenters. The lowest BCUT2D eigenvalue weighted by Crippen LogP contribution is -2.25. The zero-order valence-corrected chi connectivity index (χ0v) is 13.9. The van der Waals surface area contributed by atoms with E-state index >= 15 is 0 Å². The van der Waals surface area contributed by atoms with Gasteiger partial charge < -0.3 is 9.84 Å². The first-order chi connectivity index (χ1) is 9.96. The summed E-state index contributed by atoms with van der Waals surface area (Å²) in [6.07, 6.45) is 0.895. The van der Waals surface area contributed by atoms with Crippen molar-refractivity contribution in [1.82, 2.24) is 0 Å². The van der Waals surface area contributed by atoms with E-state index < -0.39 is 6.10 Å². The summed E-state index contributed by atoms with van der Waals surface area (Å²) in [6, 6.07) is 14.0. The molecule has 1 N–H and O–H groups in total. The van der Waals surface area contributed by atoms with Gasteiger partial charge in [0.15, 0.2) is 0 Å². The topological polar surface area (TPSA) is 29.5 Å². The van der Waals surface area contributed by atoms with E-state index in [1.54, 1.807) is 0 Å². The average molecular weight is 347 g/mol. The van der Waals surface area contributed by atoms with Gasteiger partial charge >= 0.3 is 0 Å². The van der Waals surface area contributed by atoms with Gasteiger partial charge in [-0.25, -0.2) is 0 Å². The first kappa shape index (κ1) is 14.6. The molecule has 0 radical (unpaired) electrons. The molecule has 0 bridgehead atoms. The Balaban J connectivity index is 1.89. The van der Waals surface area contributed by atoms with Gasteiger partial charge in [-0.05, 0) is 31.0 Å². The van der Waals surface area contributed by atoms with Crippen LogP contribution in [0.15, 0.2) is 46.9 Å². The largest absolute Gasteiger partial charge is 0.487 e. The van der Waals surface area contributed by atoms with Crippen LogP contribution in [0.25, 0.3) is 0 Å². The first-order valence-electron chi connectivity index (χ1n) is 7.18. The van der Waals surface area contributed by atoms with Crippen LogP contribution >= 0.6 is 15.9 Å². The Hall–Kier alpha value is -1.32. The van der Waals surface area contributed by atoms with Crippen LogP contribution in [-0.4, -0.2) is 10.7 Å². The number of benzene rings is 2. The second kappa shape index (κ2) is 5.47. The van der Waals surface area contributed by atoms with E-state index in [1.165, 1.54) is 5.56 Å². The lowest BCUT2D eigenvalue weighted by Gasteiger charge is -2.20. The van der Waals surface area contributed by atoms with E-state index in [1.807, 2.05) is 36.4 Å². The van der Waals surface area contributed by atoms with E-state index in [0.29, 0.717) is 6.42 Å². The minimum Gasteiger partial charge on any atom is -0.487 e. The lowest BCUT2D eigenvalue weighted by molar-refractivity contribution is 0.126. The molecule has 0 fully saturated rings. The molecule has 1 heterocycles. The van der Waals surface area contributed by atoms with Crippen molar-refractivity contribution in [2.24, 2.45) is 0 Å². The average Bonchev–Trinajstić information content (AvgIpc) is 2.74. The summed E-state index contributed by atoms with van der Waals surface area (Å²) in [5, 5.41) is 10.6. The molecule has 0 saturated carbocycles. The Labute approximate surface area is 133 Å². The van der Waals surface area contributed by atoms with Crippen molar-refractivity contribution in [1.29, 1.82) is 0 Å². The molecule has 1 aliphatic heterocycles. The lowest BCUT2D eigenvalue weighted by atomic mass is 9.96. The zero-order valence-electron chi connectivity index (χ0n) is 12.3. The molecule has 2 nitrogen and oxygen atoms in total. The summed E-state index contributed by atoms with van der Waals surface area (Å²) >= 11 is 3.54. The second-order valence-electron chi connectivity index (χ2n) is 6.19. The Bertz CT molecular complexity index is 664. The molecule has 2 aromatic rings. The van der Waals surface area contributed by atoms with Crippen molar-refractivity contribution in [2.45, 2.75) is 38.4 Å². The molecule has 1 atom stereocenters. The van der Waals surface area contributed by atoms with Crippen LogP contribution in [0, 0.1) is 0 Å². The van der Waals surface area contributed by atoms with Crippen molar-refractivity contribution in [3.05, 3.63) is 63.6 Å². The van der Waals surface area contributed by atoms with Crippen LogP contribution in [0.2, 0.25) is 0 Å². The number of rotatable bonds is 3. The summed E-state index contributed by atoms with van der Waals surface area (Å²) in [7, 11) is 0. The number of hydrogen-bond acceptors (Lipinski definition) is 2. The standard InChI is InChI=1S/C18H19BrO2/c1-18(2)11-13-7-5-8-14(17(13)21-18)16(20)10-12-6-3-4-9-15(12)19/h3-9,16,20H,10-11H2,1-2H3. The fourth-order valence-corrected chi connectivity index (χ4v) is 3.33. The fourth-order valence-electron chi connectivity index (χ4n) is 2.88. The first-order valence-corrected chi connectivity index (χ1v) is 7.98. The zero-order chi connectivity index (χ0) is 15.0. The number of halogens is 1. The van der Waals surface area contributed by atoms with Crippen LogP contribution in [0.1, 0.15) is 36.6 Å². The molecular weight excluding hydrogens is 328 g/mol. The summed E-state index contributed by atoms with van der Waals surface area (Å²) in [5.74, 6) is 0.863. The molecule has 0 spiro atoms. The van der Waals surface area contributed by atoms with E-state index in [-0.39, 0.29) is 5.60 Å². The fraction of sp³-hybridized carbons (Fsp3) is 0.333. The maximum absolute atomic E-state index is 10.6. The van der Waals surface area contributed by atoms with Crippen molar-refractivity contribution < 1.29 is 9.84 Å². The van der Waals surface area contributed by atoms with Crippen LogP contribution in [0.3, 0.4) is 0 Å². The predicted octanol–water partition coefficient (Wildman–Crippen LogP) is 4.44. The smallest absolute Gasteiger partial charge is 0.129 e. The van der Waals surface area contributed by atoms with E-state index in [0.717, 1.165) is 27.8 Å². The van der Waals surface area contributed by atoms with Gasteiger partial charge in [0.2, 0.25) is 0 Å². The summed E-state index contributed by atoms with van der Waals surface area (Å²) in [5.41, 5.74) is 2.98. The third-order valence-electron chi connectivity index (χ3n) is 3.85. The van der Waals surface area contributed by atoms with Crippen LogP contribution < -0.4 is 4.74 Å². The molecule has 2 aromatic carbocycles. The Morgan fingerprint density at radius 2 is 1.95 bits per heavy atom. The van der Waals surface area contributed by atoms with E-state index in [9.17, 15) is 5.11 Å². The van der Waals surface area contributed by atoms with Crippen molar-refractivity contribution >= 4 is 15.9 Å². The molecule has 0 amide bonds. The number of hydrogen-bond donors (Lipinski definition) is 1. The van der Waals surface area contributed by atoms with Gasteiger partial charge in [0, 0.05) is 22.9 Å². The normalized spacial score (nSPS) is 17.1. The van der Waals surface area contributed by atoms with Gasteiger partial charge in [-0.1, -0.05) is 52.3 Å². The van der Waals surface area contributed by atoms with Gasteiger partial charge in [-0.15, -0.1) is 0 Å². The van der Waals surface area contributed by atoms with Gasteiger partial charge in [0.05, 0.1) is 6.10 Å². The molecule has 1 aliphatic rings. The highest BCUT2D eigenvalue weighted by Gasteiger charge is 2.32. The minimum atomic E-state index is -0.562. The third kappa shape index (κ3) is 2.99. The van der Waals surface area contributed by atoms with Crippen molar-refractivity contribution in [3.63, 3.8) is 0 Å². The summed E-state index contributed by atoms with van der Waals surface area (Å²) < 4.78 is 7.07. The number of aliphatic hydroxyl groups is 1. The minimum absolute atomic E-state index is 0.189. The monoisotopic (exact) mass is 346 g/mol. The molecule has 0 aliphatic carbocycles. The summed E-state index contributed by atoms with van der Waals surface area (Å²) in [6.45, 7) is 4.16. The highest BCUT2D eigenvalue weighted by Crippen LogP contribution is 2.40. The van der Waals surface area contributed by atoms with E-state index in [4.69, 9.17) is 4.74 Å². The second-order valence-corrected chi connectivity index (χ2v) is 7.04. The van der Waals surface area contributed by atoms with Gasteiger partial charge in [-0.2, -0.15) is 0 Å². The van der Waals surface area contributed by atoms with Crippen molar-refractivity contribution in [2.75, 3.05) is 0 Å². The molecule has 110 valence electrons. The molecule has 3 heteroatoms. The molecule has 3 rings (SSSR count). The molecular formula is C18H19BrO2. The maximum Gasteiger partial charge on any atom is 0.129 e. The Kier molecular flexibility index (Phi) is 3.80. The predicted molar refractivity (Wildman–Crippen MR) is 87.7 cm³/mol. The van der Waals surface area contributed by atoms with Crippen LogP contribution in [0.5, 0.6) is 5.75 Å². The number of fused-ring (bicyclic) bond motifs is 1. The SMILES string of the molecule is CC1(C)Cc2cccc(C(O)Cc3ccccc3Br)c2O1. The highest BCUT2D eigenvalue weighted by atomic mass is 79.9. The highest BCUT2D eigenvalue weighted by molar-refractivity contribution is 9.10. The van der Waals surface area contributed by atoms with Crippen molar-refractivity contribution in [3.8, 4) is 5.75 Å². The Morgan fingerprint density at radius 1 is 1.19 bits per heavy atom. The molecule has 0 saturated heterocycles. The van der Waals surface area contributed by atoms with Crippen LogP contribution in [0.4, 0.5) is 0 Å². The molecule has 21 heavy (non-hydrogen) atoms. The quantitative estimate of drug-likeness (QED) is 0.890. The Morgan fingerprint density at radius 3 is 2.71 bits per heavy atom. The maximum atomic E-state index is 10.6. The van der Waals surface area contributed by atoms with E-state index in [2.05, 4.69) is 35.8 Å². The molecule has 0 aromatic heterocycles. The number of para-hydroxylation sites is 1. The van der Waals surface area contributed by atoms with Gasteiger partial charge in [0.1, 0.15) is 11.4 Å². The summed E-state index contributed by atoms with van der Waals surface area (Å²) in [4.78, 5) is 0. The van der Waals surface area contributed by atoms with Gasteiger partial charge in [-0.3, -0.25) is 0 Å². The third-order valence-corrected chi connectivity index (χ3v) is 4.63. The van der Waals surface area contributed by atoms with Crippen LogP contribution in [-0.2, 0) is 12.8 Å². The van der Waals surface area contributed by atoms with Gasteiger partial charge in [0.25, 0.3) is 0 Å². The number of aliphatic hydroxyl groups excluding tert-OH is 1.